The van der Waals surface area contributed by atoms with Gasteiger partial charge >= 0.3 is 0 Å². The highest BCUT2D eigenvalue weighted by atomic mass is 15.2. The Bertz CT molecular complexity index is 658. The molecule has 0 amide bonds. The van der Waals surface area contributed by atoms with E-state index < -0.39 is 0 Å². The predicted molar refractivity (Wildman–Crippen MR) is 87.3 cm³/mol. The lowest BCUT2D eigenvalue weighted by atomic mass is 10.1. The fourth-order valence-electron chi connectivity index (χ4n) is 2.71. The minimum Gasteiger partial charge on any atom is -0.365 e. The quantitative estimate of drug-likeness (QED) is 0.912. The molecule has 0 radical (unpaired) electrons. The van der Waals surface area contributed by atoms with E-state index in [0.29, 0.717) is 0 Å². The first-order chi connectivity index (χ1) is 9.92. The van der Waals surface area contributed by atoms with Crippen molar-refractivity contribution in [1.82, 2.24) is 9.97 Å². The highest BCUT2D eigenvalue weighted by Gasteiger charge is 2.22. The second-order valence-electron chi connectivity index (χ2n) is 6.56. The van der Waals surface area contributed by atoms with Crippen molar-refractivity contribution in [3.05, 3.63) is 41.7 Å². The number of hydrogen-bond donors (Lipinski definition) is 1. The van der Waals surface area contributed by atoms with Crippen LogP contribution in [-0.2, 0) is 6.42 Å². The van der Waals surface area contributed by atoms with E-state index in [-0.39, 0.29) is 5.54 Å². The van der Waals surface area contributed by atoms with E-state index in [1.807, 2.05) is 13.0 Å². The Morgan fingerprint density at radius 2 is 1.90 bits per heavy atom. The number of para-hydroxylation sites is 1. The Morgan fingerprint density at radius 3 is 2.67 bits per heavy atom. The smallest absolute Gasteiger partial charge is 0.138 e. The zero-order valence-corrected chi connectivity index (χ0v) is 13.1. The molecule has 110 valence electrons. The minimum atomic E-state index is -0.0129. The van der Waals surface area contributed by atoms with Gasteiger partial charge in [-0.15, -0.1) is 0 Å². The zero-order valence-electron chi connectivity index (χ0n) is 13.1. The van der Waals surface area contributed by atoms with Gasteiger partial charge in [0.05, 0.1) is 0 Å². The second-order valence-corrected chi connectivity index (χ2v) is 6.56. The van der Waals surface area contributed by atoms with E-state index in [0.717, 1.165) is 30.4 Å². The number of nitrogens with one attached hydrogen (secondary N) is 1. The molecule has 0 spiro atoms. The van der Waals surface area contributed by atoms with Gasteiger partial charge in [-0.1, -0.05) is 18.2 Å². The average Bonchev–Trinajstić information content (AvgIpc) is 2.79. The maximum absolute atomic E-state index is 4.62. The molecule has 1 N–H and O–H groups in total. The molecule has 1 aromatic carbocycles. The van der Waals surface area contributed by atoms with Crippen LogP contribution in [-0.4, -0.2) is 22.1 Å². The Kier molecular flexibility index (Phi) is 3.32. The summed E-state index contributed by atoms with van der Waals surface area (Å²) in [6.45, 7) is 9.32. The lowest BCUT2D eigenvalue weighted by molar-refractivity contribution is 0.629. The van der Waals surface area contributed by atoms with Crippen LogP contribution in [0.1, 0.15) is 32.2 Å². The summed E-state index contributed by atoms with van der Waals surface area (Å²) in [4.78, 5) is 11.4. The topological polar surface area (TPSA) is 41.1 Å². The predicted octanol–water partition coefficient (Wildman–Crippen LogP) is 3.69. The average molecular weight is 282 g/mol. The van der Waals surface area contributed by atoms with Gasteiger partial charge in [0, 0.05) is 23.8 Å². The summed E-state index contributed by atoms with van der Waals surface area (Å²) in [6, 6.07) is 10.6. The maximum atomic E-state index is 4.62. The van der Waals surface area contributed by atoms with Crippen molar-refractivity contribution in [2.45, 2.75) is 39.7 Å². The van der Waals surface area contributed by atoms with Crippen molar-refractivity contribution < 1.29 is 0 Å². The van der Waals surface area contributed by atoms with Crippen LogP contribution >= 0.6 is 0 Å². The summed E-state index contributed by atoms with van der Waals surface area (Å²) in [7, 11) is 0. The lowest BCUT2D eigenvalue weighted by Gasteiger charge is -2.24. The van der Waals surface area contributed by atoms with E-state index in [1.165, 1.54) is 11.3 Å². The molecule has 0 bridgehead atoms. The summed E-state index contributed by atoms with van der Waals surface area (Å²) in [6.07, 6.45) is 1.07. The van der Waals surface area contributed by atoms with E-state index in [4.69, 9.17) is 0 Å². The van der Waals surface area contributed by atoms with Gasteiger partial charge in [-0.2, -0.15) is 0 Å². The van der Waals surface area contributed by atoms with Crippen LogP contribution in [0.5, 0.6) is 0 Å². The molecule has 0 saturated heterocycles. The third kappa shape index (κ3) is 2.99. The minimum absolute atomic E-state index is 0.0129. The third-order valence-corrected chi connectivity index (χ3v) is 3.49. The fraction of sp³-hybridized carbons (Fsp3) is 0.412. The van der Waals surface area contributed by atoms with Gasteiger partial charge in [0.15, 0.2) is 0 Å². The van der Waals surface area contributed by atoms with Crippen molar-refractivity contribution in [3.8, 4) is 0 Å². The number of aryl methyl sites for hydroxylation is 1. The summed E-state index contributed by atoms with van der Waals surface area (Å²) >= 11 is 0. The molecular weight excluding hydrogens is 260 g/mol. The SMILES string of the molecule is Cc1nc(NC(C)(C)C)cc(N2CCc3ccccc32)n1. The molecule has 1 aliphatic rings. The molecule has 1 aromatic heterocycles. The van der Waals surface area contributed by atoms with Crippen LogP contribution < -0.4 is 10.2 Å². The molecule has 21 heavy (non-hydrogen) atoms. The number of rotatable bonds is 2. The Morgan fingerprint density at radius 1 is 1.14 bits per heavy atom. The summed E-state index contributed by atoms with van der Waals surface area (Å²) in [5, 5.41) is 3.43. The molecular formula is C17H22N4. The van der Waals surface area contributed by atoms with Crippen LogP contribution in [0.25, 0.3) is 0 Å². The standard InChI is InChI=1S/C17H22N4/c1-12-18-15(20-17(2,3)4)11-16(19-12)21-10-9-13-7-5-6-8-14(13)21/h5-8,11H,9-10H2,1-4H3,(H,18,19,20). The first-order valence-corrected chi connectivity index (χ1v) is 7.42. The van der Waals surface area contributed by atoms with Gasteiger partial charge < -0.3 is 10.2 Å². The number of aromatic nitrogens is 2. The molecule has 3 rings (SSSR count). The third-order valence-electron chi connectivity index (χ3n) is 3.49. The highest BCUT2D eigenvalue weighted by Crippen LogP contribution is 2.34. The van der Waals surface area contributed by atoms with Crippen molar-refractivity contribution in [2.75, 3.05) is 16.8 Å². The van der Waals surface area contributed by atoms with Gasteiger partial charge in [0.2, 0.25) is 0 Å². The normalized spacial score (nSPS) is 14.2. The number of anilines is 3. The first kappa shape index (κ1) is 13.9. The number of benzene rings is 1. The Labute approximate surface area is 126 Å². The van der Waals surface area contributed by atoms with E-state index in [1.54, 1.807) is 0 Å². The van der Waals surface area contributed by atoms with E-state index >= 15 is 0 Å². The van der Waals surface area contributed by atoms with Gasteiger partial charge in [-0.25, -0.2) is 9.97 Å². The van der Waals surface area contributed by atoms with Crippen LogP contribution in [0.4, 0.5) is 17.3 Å². The number of hydrogen-bond acceptors (Lipinski definition) is 4. The summed E-state index contributed by atoms with van der Waals surface area (Å²) in [5.41, 5.74) is 2.64. The molecule has 4 heteroatoms. The molecule has 0 atom stereocenters. The zero-order chi connectivity index (χ0) is 15.0. The van der Waals surface area contributed by atoms with Gasteiger partial charge in [-0.3, -0.25) is 0 Å². The maximum Gasteiger partial charge on any atom is 0.138 e. The molecule has 2 aromatic rings. The molecule has 0 unspecified atom stereocenters. The summed E-state index contributed by atoms with van der Waals surface area (Å²) in [5.74, 6) is 2.65. The van der Waals surface area contributed by atoms with E-state index in [2.05, 4.69) is 65.2 Å². The van der Waals surface area contributed by atoms with Crippen LogP contribution in [0, 0.1) is 6.92 Å². The molecule has 0 fully saturated rings. The molecule has 4 nitrogen and oxygen atoms in total. The molecule has 2 heterocycles. The van der Waals surface area contributed by atoms with Gasteiger partial charge in [-0.05, 0) is 45.7 Å². The number of nitrogens with zero attached hydrogens (tertiary/aromatic N) is 3. The van der Waals surface area contributed by atoms with Gasteiger partial charge in [0.1, 0.15) is 17.5 Å². The first-order valence-electron chi connectivity index (χ1n) is 7.42. The fourth-order valence-corrected chi connectivity index (χ4v) is 2.71. The van der Waals surface area contributed by atoms with Crippen molar-refractivity contribution in [2.24, 2.45) is 0 Å². The van der Waals surface area contributed by atoms with Crippen LogP contribution in [0.2, 0.25) is 0 Å². The van der Waals surface area contributed by atoms with Crippen LogP contribution in [0.15, 0.2) is 30.3 Å². The summed E-state index contributed by atoms with van der Waals surface area (Å²) < 4.78 is 0. The monoisotopic (exact) mass is 282 g/mol. The second kappa shape index (κ2) is 5.02. The highest BCUT2D eigenvalue weighted by molar-refractivity contribution is 5.69. The molecule has 1 aliphatic heterocycles. The van der Waals surface area contributed by atoms with Crippen LogP contribution in [0.3, 0.4) is 0 Å². The lowest BCUT2D eigenvalue weighted by Crippen LogP contribution is -2.27. The van der Waals surface area contributed by atoms with Crippen molar-refractivity contribution in [1.29, 1.82) is 0 Å². The van der Waals surface area contributed by atoms with E-state index in [9.17, 15) is 0 Å². The van der Waals surface area contributed by atoms with Gasteiger partial charge in [0.25, 0.3) is 0 Å². The number of fused-ring (bicyclic) bond motifs is 1. The molecule has 0 aliphatic carbocycles. The largest absolute Gasteiger partial charge is 0.365 e. The van der Waals surface area contributed by atoms with Crippen molar-refractivity contribution in [3.63, 3.8) is 0 Å². The Balaban J connectivity index is 1.97. The Hall–Kier alpha value is -2.10. The molecule has 0 saturated carbocycles. The van der Waals surface area contributed by atoms with Crippen molar-refractivity contribution >= 4 is 17.3 Å².